The van der Waals surface area contributed by atoms with E-state index in [0.29, 0.717) is 28.1 Å². The van der Waals surface area contributed by atoms with Crippen LogP contribution in [0.5, 0.6) is 5.75 Å². The minimum Gasteiger partial charge on any atom is -0.490 e. The number of carbonyl (C=O) groups excluding carboxylic acids is 4. The number of nitrogens with one attached hydrogen (secondary N) is 1. The van der Waals surface area contributed by atoms with Gasteiger partial charge in [0.15, 0.2) is 17.1 Å². The molecule has 7 rings (SSSR count). The summed E-state index contributed by atoms with van der Waals surface area (Å²) in [6, 6.07) is 18.4. The van der Waals surface area contributed by atoms with Gasteiger partial charge in [-0.1, -0.05) is 51.1 Å². The van der Waals surface area contributed by atoms with E-state index in [1.54, 1.807) is 48.7 Å². The number of thiazole rings is 1. The zero-order chi connectivity index (χ0) is 44.8. The number of benzene rings is 2. The Labute approximate surface area is 367 Å². The monoisotopic (exact) mass is 875 g/mol. The van der Waals surface area contributed by atoms with Crippen molar-refractivity contribution in [3.05, 3.63) is 111 Å². The first kappa shape index (κ1) is 44.6. The molecule has 1 saturated heterocycles. The van der Waals surface area contributed by atoms with Gasteiger partial charge in [0.05, 0.1) is 35.0 Å². The number of carbonyl (C=O) groups is 4. The zero-order valence-electron chi connectivity index (χ0n) is 35.7. The molecule has 0 unspecified atom stereocenters. The summed E-state index contributed by atoms with van der Waals surface area (Å²) >= 11 is 1.57. The fourth-order valence-corrected chi connectivity index (χ4v) is 8.15. The summed E-state index contributed by atoms with van der Waals surface area (Å²) in [6.45, 7) is 7.77. The van der Waals surface area contributed by atoms with Gasteiger partial charge in [0.1, 0.15) is 41.9 Å². The van der Waals surface area contributed by atoms with Crippen molar-refractivity contribution in [2.45, 2.75) is 65.6 Å². The smallest absolute Gasteiger partial charge is 0.266 e. The van der Waals surface area contributed by atoms with E-state index in [1.165, 1.54) is 27.9 Å². The summed E-state index contributed by atoms with van der Waals surface area (Å²) in [5.41, 5.74) is 6.26. The Kier molecular flexibility index (Phi) is 13.7. The van der Waals surface area contributed by atoms with Crippen LogP contribution < -0.4 is 15.6 Å². The number of likely N-dealkylation sites (tertiary alicyclic amines) is 1. The minimum absolute atomic E-state index is 0.000911. The summed E-state index contributed by atoms with van der Waals surface area (Å²) in [7, 11) is 1.54. The molecule has 1 fully saturated rings. The van der Waals surface area contributed by atoms with Crippen LogP contribution in [0.3, 0.4) is 0 Å². The van der Waals surface area contributed by atoms with E-state index in [4.69, 9.17) is 13.9 Å². The molecule has 1 aliphatic heterocycles. The summed E-state index contributed by atoms with van der Waals surface area (Å²) < 4.78 is 18.3. The van der Waals surface area contributed by atoms with E-state index < -0.39 is 23.5 Å². The zero-order valence-corrected chi connectivity index (χ0v) is 36.5. The van der Waals surface area contributed by atoms with Crippen LogP contribution in [0.1, 0.15) is 60.9 Å². The normalized spacial score (nSPS) is 15.7. The first-order valence-corrected chi connectivity index (χ1v) is 21.4. The molecule has 4 aromatic heterocycles. The number of nitrogens with zero attached hydrogens (tertiary/aromatic N) is 6. The summed E-state index contributed by atoms with van der Waals surface area (Å²) in [5.74, 6) is -1.31. The number of fused-ring (bicyclic) bond motifs is 1. The number of ether oxygens (including phenoxy) is 2. The number of Topliss-reactive ketones (excluding diaryl/α,β-unsaturated/α-hetero) is 2. The lowest BCUT2D eigenvalue weighted by molar-refractivity contribution is -0.146. The second-order valence-corrected chi connectivity index (χ2v) is 17.5. The SMILES string of the molecule is Cc1ncsc1-c1ccc(CNC(=O)[C@H]2C[C@H](O)CN2C(=O)[C@H](CC(=O)COCCOc2ccc(C(=O)Cc3ccc4oc(-c5ccc(=O)n(C)n5)nc4c3)nc2)C(C)(C)C)cc1. The van der Waals surface area contributed by atoms with E-state index in [1.807, 2.05) is 57.5 Å². The number of hydrogen-bond donors (Lipinski definition) is 2. The van der Waals surface area contributed by atoms with Crippen molar-refractivity contribution in [2.24, 2.45) is 18.4 Å². The van der Waals surface area contributed by atoms with Crippen LogP contribution in [-0.4, -0.2) is 96.6 Å². The molecule has 0 aliphatic carbocycles. The van der Waals surface area contributed by atoms with Crippen molar-refractivity contribution in [3.63, 3.8) is 0 Å². The summed E-state index contributed by atoms with van der Waals surface area (Å²) in [4.78, 5) is 80.9. The van der Waals surface area contributed by atoms with Crippen LogP contribution in [-0.2, 0) is 39.1 Å². The molecule has 16 nitrogen and oxygen atoms in total. The lowest BCUT2D eigenvalue weighted by Crippen LogP contribution is -2.50. The maximum Gasteiger partial charge on any atom is 0.266 e. The second kappa shape index (κ2) is 19.3. The Morgan fingerprint density at radius 3 is 2.48 bits per heavy atom. The number of amides is 2. The predicted molar refractivity (Wildman–Crippen MR) is 234 cm³/mol. The average molecular weight is 876 g/mol. The van der Waals surface area contributed by atoms with Crippen LogP contribution in [0.25, 0.3) is 33.1 Å². The fraction of sp³-hybridized carbons (Fsp3) is 0.370. The van der Waals surface area contributed by atoms with Crippen LogP contribution >= 0.6 is 11.3 Å². The summed E-state index contributed by atoms with van der Waals surface area (Å²) in [6.07, 6.45) is 0.655. The molecule has 2 amide bonds. The highest BCUT2D eigenvalue weighted by molar-refractivity contribution is 7.13. The molecular weight excluding hydrogens is 827 g/mol. The van der Waals surface area contributed by atoms with Gasteiger partial charge < -0.3 is 29.2 Å². The number of rotatable bonds is 17. The van der Waals surface area contributed by atoms with Gasteiger partial charge in [0, 0.05) is 51.4 Å². The average Bonchev–Trinajstić information content (AvgIpc) is 4.00. The highest BCUT2D eigenvalue weighted by Gasteiger charge is 2.44. The minimum atomic E-state index is -0.870. The van der Waals surface area contributed by atoms with Gasteiger partial charge in [-0.2, -0.15) is 5.10 Å². The van der Waals surface area contributed by atoms with E-state index in [-0.39, 0.29) is 92.7 Å². The van der Waals surface area contributed by atoms with Gasteiger partial charge in [-0.15, -0.1) is 11.3 Å². The lowest BCUT2D eigenvalue weighted by atomic mass is 9.77. The molecule has 0 spiro atoms. The molecule has 0 radical (unpaired) electrons. The van der Waals surface area contributed by atoms with Crippen LogP contribution in [0, 0.1) is 18.3 Å². The molecule has 328 valence electrons. The standard InChI is InChI=1S/C46H49N7O9S/c1-27-42(63-26-49-27)30-9-6-28(7-10-30)22-48-43(58)38-21-31(54)24-53(38)45(59)34(46(2,3)4)20-32(55)25-60-16-17-61-33-11-12-35(47-23-33)39(56)19-29-8-14-40-37(18-29)50-44(62-40)36-13-15-41(57)52(5)51-36/h6-15,18,23,26,31,34,38,54H,16-17,19-22,24-25H2,1-5H3,(H,48,58)/t31-,34-,38+/m0/s1. The Balaban J connectivity index is 0.849. The molecular formula is C46H49N7O9S. The Morgan fingerprint density at radius 1 is 1.00 bits per heavy atom. The lowest BCUT2D eigenvalue weighted by Gasteiger charge is -2.34. The van der Waals surface area contributed by atoms with Crippen molar-refractivity contribution in [1.29, 1.82) is 0 Å². The maximum absolute atomic E-state index is 14.0. The third-order valence-corrected chi connectivity index (χ3v) is 11.8. The molecule has 0 bridgehead atoms. The molecule has 1 aliphatic rings. The molecule has 3 atom stereocenters. The molecule has 17 heteroatoms. The van der Waals surface area contributed by atoms with E-state index >= 15 is 0 Å². The third-order valence-electron chi connectivity index (χ3n) is 10.8. The van der Waals surface area contributed by atoms with Gasteiger partial charge >= 0.3 is 0 Å². The van der Waals surface area contributed by atoms with Crippen LogP contribution in [0.2, 0.25) is 0 Å². The van der Waals surface area contributed by atoms with E-state index in [9.17, 15) is 29.1 Å². The molecule has 6 aromatic rings. The van der Waals surface area contributed by atoms with Crippen molar-refractivity contribution in [2.75, 3.05) is 26.4 Å². The number of oxazole rings is 1. The fourth-order valence-electron chi connectivity index (χ4n) is 7.34. The number of β-amino-alcohol motifs (C(OH)–C–C–N with tert-alkyl or cyclic N) is 1. The van der Waals surface area contributed by atoms with Gasteiger partial charge in [-0.05, 0) is 59.4 Å². The predicted octanol–water partition coefficient (Wildman–Crippen LogP) is 5.14. The third kappa shape index (κ3) is 11.0. The quantitative estimate of drug-likeness (QED) is 0.0901. The molecule has 5 heterocycles. The number of ketones is 2. The topological polar surface area (TPSA) is 209 Å². The second-order valence-electron chi connectivity index (χ2n) is 16.6. The Morgan fingerprint density at radius 2 is 1.78 bits per heavy atom. The van der Waals surface area contributed by atoms with Gasteiger partial charge in [0.25, 0.3) is 5.56 Å². The molecule has 63 heavy (non-hydrogen) atoms. The number of aliphatic hydroxyl groups excluding tert-OH is 1. The van der Waals surface area contributed by atoms with Crippen molar-refractivity contribution < 1.29 is 38.2 Å². The molecule has 0 saturated carbocycles. The highest BCUT2D eigenvalue weighted by atomic mass is 32.1. The van der Waals surface area contributed by atoms with Crippen molar-refractivity contribution in [3.8, 4) is 27.8 Å². The Hall–Kier alpha value is -6.43. The van der Waals surface area contributed by atoms with E-state index in [2.05, 4.69) is 25.4 Å². The largest absolute Gasteiger partial charge is 0.490 e. The van der Waals surface area contributed by atoms with Gasteiger partial charge in [-0.3, -0.25) is 24.0 Å². The number of pyridine rings is 1. The van der Waals surface area contributed by atoms with Crippen molar-refractivity contribution >= 4 is 45.8 Å². The van der Waals surface area contributed by atoms with Crippen LogP contribution in [0.15, 0.2) is 87.6 Å². The summed E-state index contributed by atoms with van der Waals surface area (Å²) in [5, 5.41) is 17.7. The van der Waals surface area contributed by atoms with Gasteiger partial charge in [0.2, 0.25) is 17.7 Å². The first-order valence-electron chi connectivity index (χ1n) is 20.5. The highest BCUT2D eigenvalue weighted by Crippen LogP contribution is 2.34. The first-order chi connectivity index (χ1) is 30.1. The number of aromatic nitrogens is 5. The molecule has 2 aromatic carbocycles. The Bertz CT molecular complexity index is 2670. The molecule has 2 N–H and O–H groups in total. The number of aliphatic hydroxyl groups is 1. The van der Waals surface area contributed by atoms with E-state index in [0.717, 1.165) is 21.7 Å². The van der Waals surface area contributed by atoms with Gasteiger partial charge in [-0.25, -0.2) is 19.6 Å². The van der Waals surface area contributed by atoms with Crippen molar-refractivity contribution in [1.82, 2.24) is 34.9 Å². The number of hydrogen-bond acceptors (Lipinski definition) is 14. The number of aryl methyl sites for hydroxylation is 2. The maximum atomic E-state index is 14.0. The van der Waals surface area contributed by atoms with Crippen LogP contribution in [0.4, 0.5) is 0 Å².